The van der Waals surface area contributed by atoms with Crippen LogP contribution < -0.4 is 5.32 Å². The second-order valence-corrected chi connectivity index (χ2v) is 6.07. The normalized spacial score (nSPS) is 11.0. The third-order valence-corrected chi connectivity index (χ3v) is 4.17. The number of hydrogen-bond acceptors (Lipinski definition) is 4. The molecule has 0 bridgehead atoms. The summed E-state index contributed by atoms with van der Waals surface area (Å²) in [5, 5.41) is 3.93. The Morgan fingerprint density at radius 2 is 2.12 bits per heavy atom. The van der Waals surface area contributed by atoms with E-state index in [1.807, 2.05) is 42.7 Å². The molecule has 0 saturated heterocycles. The molecule has 1 amide bonds. The summed E-state index contributed by atoms with van der Waals surface area (Å²) in [4.78, 5) is 21.3. The number of fused-ring (bicyclic) bond motifs is 1. The van der Waals surface area contributed by atoms with Gasteiger partial charge in [0.15, 0.2) is 0 Å². The molecule has 3 rings (SSSR count). The number of carbonyl (C=O) groups is 1. The standard InChI is InChI=1S/C19H22N4O2/c1-13-4-5-18-15(8-13)9-17(14(2)22-18)19(24)21-11-16-10-20-12-23(16)6-7-25-3/h4-5,8-10,12H,6-7,11H2,1-3H3,(H,21,24). The summed E-state index contributed by atoms with van der Waals surface area (Å²) >= 11 is 0. The first kappa shape index (κ1) is 17.1. The lowest BCUT2D eigenvalue weighted by Gasteiger charge is -2.11. The summed E-state index contributed by atoms with van der Waals surface area (Å²) in [6.07, 6.45) is 3.50. The Morgan fingerprint density at radius 1 is 1.28 bits per heavy atom. The molecule has 25 heavy (non-hydrogen) atoms. The number of nitrogens with one attached hydrogen (secondary N) is 1. The minimum Gasteiger partial charge on any atom is -0.383 e. The van der Waals surface area contributed by atoms with Crippen molar-refractivity contribution in [3.8, 4) is 0 Å². The number of hydrogen-bond donors (Lipinski definition) is 1. The van der Waals surface area contributed by atoms with E-state index >= 15 is 0 Å². The molecule has 2 heterocycles. The van der Waals surface area contributed by atoms with E-state index in [0.29, 0.717) is 25.3 Å². The number of pyridine rings is 1. The molecule has 3 aromatic rings. The fourth-order valence-electron chi connectivity index (χ4n) is 2.77. The molecule has 2 aromatic heterocycles. The van der Waals surface area contributed by atoms with Gasteiger partial charge in [-0.15, -0.1) is 0 Å². The van der Waals surface area contributed by atoms with Crippen molar-refractivity contribution in [2.24, 2.45) is 0 Å². The highest BCUT2D eigenvalue weighted by atomic mass is 16.5. The van der Waals surface area contributed by atoms with Crippen LogP contribution in [0.15, 0.2) is 36.8 Å². The average Bonchev–Trinajstić information content (AvgIpc) is 3.05. The molecule has 0 spiro atoms. The molecule has 0 aliphatic rings. The second kappa shape index (κ2) is 7.44. The molecule has 0 aliphatic heterocycles. The lowest BCUT2D eigenvalue weighted by Crippen LogP contribution is -2.25. The fourth-order valence-corrected chi connectivity index (χ4v) is 2.77. The van der Waals surface area contributed by atoms with E-state index in [9.17, 15) is 4.79 Å². The van der Waals surface area contributed by atoms with Gasteiger partial charge in [-0.1, -0.05) is 11.6 Å². The molecule has 0 atom stereocenters. The SMILES string of the molecule is COCCn1cncc1CNC(=O)c1cc2cc(C)ccc2nc1C. The molecule has 0 radical (unpaired) electrons. The predicted molar refractivity (Wildman–Crippen MR) is 96.5 cm³/mol. The van der Waals surface area contributed by atoms with Gasteiger partial charge >= 0.3 is 0 Å². The molecular formula is C19H22N4O2. The largest absolute Gasteiger partial charge is 0.383 e. The summed E-state index contributed by atoms with van der Waals surface area (Å²) in [5.41, 5.74) is 4.30. The molecule has 0 fully saturated rings. The van der Waals surface area contributed by atoms with Gasteiger partial charge in [0.1, 0.15) is 0 Å². The van der Waals surface area contributed by atoms with Gasteiger partial charge in [-0.05, 0) is 32.0 Å². The van der Waals surface area contributed by atoms with Gasteiger partial charge < -0.3 is 14.6 Å². The predicted octanol–water partition coefficient (Wildman–Crippen LogP) is 2.62. The molecule has 6 nitrogen and oxygen atoms in total. The van der Waals surface area contributed by atoms with E-state index in [0.717, 1.165) is 27.9 Å². The van der Waals surface area contributed by atoms with Crippen molar-refractivity contribution in [1.82, 2.24) is 19.9 Å². The van der Waals surface area contributed by atoms with Crippen LogP contribution in [-0.2, 0) is 17.8 Å². The Hall–Kier alpha value is -2.73. The van der Waals surface area contributed by atoms with Crippen LogP contribution in [0.4, 0.5) is 0 Å². The number of imidazole rings is 1. The number of rotatable bonds is 6. The number of aromatic nitrogens is 3. The molecule has 1 aromatic carbocycles. The monoisotopic (exact) mass is 338 g/mol. The third-order valence-electron chi connectivity index (χ3n) is 4.17. The summed E-state index contributed by atoms with van der Waals surface area (Å²) in [7, 11) is 1.66. The van der Waals surface area contributed by atoms with Gasteiger partial charge in [-0.3, -0.25) is 9.78 Å². The highest BCUT2D eigenvalue weighted by Gasteiger charge is 2.12. The second-order valence-electron chi connectivity index (χ2n) is 6.07. The maximum atomic E-state index is 12.6. The molecule has 0 aliphatic carbocycles. The zero-order chi connectivity index (χ0) is 17.8. The first-order valence-corrected chi connectivity index (χ1v) is 8.22. The number of benzene rings is 1. The van der Waals surface area contributed by atoms with Gasteiger partial charge in [-0.2, -0.15) is 0 Å². The molecular weight excluding hydrogens is 316 g/mol. The van der Waals surface area contributed by atoms with Crippen LogP contribution in [0.25, 0.3) is 10.9 Å². The van der Waals surface area contributed by atoms with Crippen LogP contribution in [-0.4, -0.2) is 34.2 Å². The Labute approximate surface area is 146 Å². The number of carbonyl (C=O) groups excluding carboxylic acids is 1. The highest BCUT2D eigenvalue weighted by Crippen LogP contribution is 2.18. The third kappa shape index (κ3) is 3.85. The van der Waals surface area contributed by atoms with Crippen molar-refractivity contribution in [2.45, 2.75) is 26.9 Å². The first-order chi connectivity index (χ1) is 12.1. The number of methoxy groups -OCH3 is 1. The molecule has 0 unspecified atom stereocenters. The minimum absolute atomic E-state index is 0.132. The topological polar surface area (TPSA) is 69.0 Å². The summed E-state index contributed by atoms with van der Waals surface area (Å²) in [6, 6.07) is 7.95. The zero-order valence-corrected chi connectivity index (χ0v) is 14.7. The average molecular weight is 338 g/mol. The Kier molecular flexibility index (Phi) is 5.09. The highest BCUT2D eigenvalue weighted by molar-refractivity contribution is 5.98. The van der Waals surface area contributed by atoms with Gasteiger partial charge in [0, 0.05) is 25.2 Å². The van der Waals surface area contributed by atoms with E-state index in [-0.39, 0.29) is 5.91 Å². The first-order valence-electron chi connectivity index (χ1n) is 8.22. The Balaban J connectivity index is 1.76. The minimum atomic E-state index is -0.132. The van der Waals surface area contributed by atoms with Crippen LogP contribution in [0.2, 0.25) is 0 Å². The number of ether oxygens (including phenoxy) is 1. The van der Waals surface area contributed by atoms with E-state index in [2.05, 4.69) is 15.3 Å². The van der Waals surface area contributed by atoms with Crippen molar-refractivity contribution in [3.63, 3.8) is 0 Å². The van der Waals surface area contributed by atoms with E-state index in [4.69, 9.17) is 4.74 Å². The molecule has 6 heteroatoms. The van der Waals surface area contributed by atoms with Crippen molar-refractivity contribution < 1.29 is 9.53 Å². The maximum absolute atomic E-state index is 12.6. The smallest absolute Gasteiger partial charge is 0.253 e. The Bertz CT molecular complexity index is 902. The van der Waals surface area contributed by atoms with Crippen LogP contribution in [0, 0.1) is 13.8 Å². The number of nitrogens with zero attached hydrogens (tertiary/aromatic N) is 3. The van der Waals surface area contributed by atoms with E-state index in [1.54, 1.807) is 19.6 Å². The van der Waals surface area contributed by atoms with Gasteiger partial charge in [0.25, 0.3) is 5.91 Å². The lowest BCUT2D eigenvalue weighted by molar-refractivity contribution is 0.0949. The van der Waals surface area contributed by atoms with Crippen molar-refractivity contribution in [1.29, 1.82) is 0 Å². The fraction of sp³-hybridized carbons (Fsp3) is 0.316. The van der Waals surface area contributed by atoms with Crippen molar-refractivity contribution in [2.75, 3.05) is 13.7 Å². The van der Waals surface area contributed by atoms with Gasteiger partial charge in [0.05, 0.1) is 41.9 Å². The van der Waals surface area contributed by atoms with E-state index in [1.165, 1.54) is 0 Å². The van der Waals surface area contributed by atoms with E-state index < -0.39 is 0 Å². The maximum Gasteiger partial charge on any atom is 0.253 e. The van der Waals surface area contributed by atoms with Crippen molar-refractivity contribution >= 4 is 16.8 Å². The Morgan fingerprint density at radius 3 is 2.92 bits per heavy atom. The summed E-state index contributed by atoms with van der Waals surface area (Å²) < 4.78 is 7.06. The number of aryl methyl sites for hydroxylation is 2. The quantitative estimate of drug-likeness (QED) is 0.750. The van der Waals surface area contributed by atoms with Crippen molar-refractivity contribution in [3.05, 3.63) is 59.3 Å². The molecule has 1 N–H and O–H groups in total. The van der Waals surface area contributed by atoms with Gasteiger partial charge in [-0.25, -0.2) is 4.98 Å². The van der Waals surface area contributed by atoms with Crippen LogP contribution in [0.5, 0.6) is 0 Å². The summed E-state index contributed by atoms with van der Waals surface area (Å²) in [5.74, 6) is -0.132. The molecule has 130 valence electrons. The lowest BCUT2D eigenvalue weighted by atomic mass is 10.1. The van der Waals surface area contributed by atoms with Crippen LogP contribution in [0.1, 0.15) is 27.3 Å². The van der Waals surface area contributed by atoms with Gasteiger partial charge in [0.2, 0.25) is 0 Å². The van der Waals surface area contributed by atoms with Crippen LogP contribution >= 0.6 is 0 Å². The zero-order valence-electron chi connectivity index (χ0n) is 14.7. The number of amides is 1. The van der Waals surface area contributed by atoms with Crippen LogP contribution in [0.3, 0.4) is 0 Å². The molecule has 0 saturated carbocycles. The summed E-state index contributed by atoms with van der Waals surface area (Å²) in [6.45, 7) is 5.60.